The molecular weight excluding hydrogens is 402 g/mol. The van der Waals surface area contributed by atoms with Gasteiger partial charge in [0.05, 0.1) is 32.0 Å². The molecule has 0 saturated carbocycles. The number of ether oxygens (including phenoxy) is 2. The highest BCUT2D eigenvalue weighted by Crippen LogP contribution is 2.32. The van der Waals surface area contributed by atoms with Crippen molar-refractivity contribution in [3.63, 3.8) is 0 Å². The summed E-state index contributed by atoms with van der Waals surface area (Å²) in [6, 6.07) is 16.4. The van der Waals surface area contributed by atoms with Gasteiger partial charge in [-0.2, -0.15) is 5.10 Å². The minimum Gasteiger partial charge on any atom is -0.490 e. The highest BCUT2D eigenvalue weighted by Gasteiger charge is 2.25. The summed E-state index contributed by atoms with van der Waals surface area (Å²) in [6.45, 7) is 2.11. The quantitative estimate of drug-likeness (QED) is 0.635. The van der Waals surface area contributed by atoms with E-state index in [1.807, 2.05) is 30.5 Å². The number of nitrogens with one attached hydrogen (secondary N) is 1. The summed E-state index contributed by atoms with van der Waals surface area (Å²) in [6.07, 6.45) is 6.97. The van der Waals surface area contributed by atoms with Gasteiger partial charge in [0.15, 0.2) is 11.5 Å². The van der Waals surface area contributed by atoms with Crippen molar-refractivity contribution in [2.75, 3.05) is 13.2 Å². The Hall–Kier alpha value is -3.28. The molecule has 1 unspecified atom stereocenters. The first-order chi connectivity index (χ1) is 15.8. The number of carbonyl (C=O) groups is 1. The molecule has 1 N–H and O–H groups in total. The van der Waals surface area contributed by atoms with Crippen LogP contribution in [0.2, 0.25) is 0 Å². The fourth-order valence-corrected chi connectivity index (χ4v) is 4.55. The summed E-state index contributed by atoms with van der Waals surface area (Å²) in [5.74, 6) is 1.65. The third kappa shape index (κ3) is 4.64. The standard InChI is InChI=1S/C26H29N3O3/c30-26(13-11-19-10-12-24-25(16-19)32-15-5-14-31-24)28-22-8-4-9-23-21(22)17-27-29(23)18-20-6-2-1-3-7-20/h1-3,6-7,10,12,16-17,22H,4-5,8-9,11,13-15,18H2,(H,28,30). The molecule has 2 aliphatic rings. The summed E-state index contributed by atoms with van der Waals surface area (Å²) in [7, 11) is 0. The maximum Gasteiger partial charge on any atom is 0.220 e. The molecule has 166 valence electrons. The van der Waals surface area contributed by atoms with Gasteiger partial charge in [-0.1, -0.05) is 36.4 Å². The van der Waals surface area contributed by atoms with E-state index < -0.39 is 0 Å². The molecule has 6 nitrogen and oxygen atoms in total. The summed E-state index contributed by atoms with van der Waals surface area (Å²) in [5, 5.41) is 7.88. The maximum absolute atomic E-state index is 12.7. The van der Waals surface area contributed by atoms with E-state index in [9.17, 15) is 4.79 Å². The van der Waals surface area contributed by atoms with E-state index in [0.717, 1.165) is 54.9 Å². The van der Waals surface area contributed by atoms with Crippen LogP contribution in [-0.2, 0) is 24.2 Å². The molecule has 2 aromatic carbocycles. The Bertz CT molecular complexity index is 1080. The molecule has 3 aromatic rings. The van der Waals surface area contributed by atoms with Crippen LogP contribution in [0.25, 0.3) is 0 Å². The predicted octanol–water partition coefficient (Wildman–Crippen LogP) is 4.22. The molecule has 0 radical (unpaired) electrons. The van der Waals surface area contributed by atoms with Crippen molar-refractivity contribution in [1.29, 1.82) is 0 Å². The molecule has 32 heavy (non-hydrogen) atoms. The van der Waals surface area contributed by atoms with Crippen LogP contribution < -0.4 is 14.8 Å². The number of carbonyl (C=O) groups excluding carboxylic acids is 1. The average Bonchev–Trinajstić information content (AvgIpc) is 3.08. The van der Waals surface area contributed by atoms with E-state index in [2.05, 4.69) is 39.4 Å². The average molecular weight is 432 g/mol. The van der Waals surface area contributed by atoms with E-state index in [0.29, 0.717) is 26.1 Å². The predicted molar refractivity (Wildman–Crippen MR) is 122 cm³/mol. The van der Waals surface area contributed by atoms with Crippen molar-refractivity contribution in [1.82, 2.24) is 15.1 Å². The second-order valence-electron chi connectivity index (χ2n) is 8.53. The van der Waals surface area contributed by atoms with Crippen LogP contribution in [0.4, 0.5) is 0 Å². The highest BCUT2D eigenvalue weighted by atomic mass is 16.5. The van der Waals surface area contributed by atoms with Gasteiger partial charge in [0.2, 0.25) is 5.91 Å². The fraction of sp³-hybridized carbons (Fsp3) is 0.385. The molecule has 0 saturated heterocycles. The second kappa shape index (κ2) is 9.47. The summed E-state index contributed by atoms with van der Waals surface area (Å²) in [5.41, 5.74) is 4.73. The Balaban J connectivity index is 1.20. The number of amides is 1. The number of aromatic nitrogens is 2. The zero-order chi connectivity index (χ0) is 21.8. The third-order valence-electron chi connectivity index (χ3n) is 6.23. The van der Waals surface area contributed by atoms with E-state index >= 15 is 0 Å². The maximum atomic E-state index is 12.7. The van der Waals surface area contributed by atoms with Crippen molar-refractivity contribution < 1.29 is 14.3 Å². The molecule has 0 fully saturated rings. The zero-order valence-electron chi connectivity index (χ0n) is 18.3. The number of fused-ring (bicyclic) bond motifs is 2. The molecule has 0 bridgehead atoms. The minimum atomic E-state index is 0.0413. The number of hydrogen-bond acceptors (Lipinski definition) is 4. The van der Waals surface area contributed by atoms with Gasteiger partial charge in [-0.15, -0.1) is 0 Å². The molecule has 1 aliphatic carbocycles. The van der Waals surface area contributed by atoms with Crippen LogP contribution in [0.3, 0.4) is 0 Å². The van der Waals surface area contributed by atoms with E-state index in [1.165, 1.54) is 11.3 Å². The van der Waals surface area contributed by atoms with Gasteiger partial charge in [0.1, 0.15) is 0 Å². The normalized spacial score (nSPS) is 17.3. The number of nitrogens with zero attached hydrogens (tertiary/aromatic N) is 2. The molecule has 1 aromatic heterocycles. The SMILES string of the molecule is O=C(CCc1ccc2c(c1)OCCCO2)NC1CCCc2c1cnn2Cc1ccccc1. The van der Waals surface area contributed by atoms with Gasteiger partial charge < -0.3 is 14.8 Å². The molecule has 2 heterocycles. The Morgan fingerprint density at radius 3 is 2.75 bits per heavy atom. The number of hydrogen-bond donors (Lipinski definition) is 1. The van der Waals surface area contributed by atoms with Crippen molar-refractivity contribution in [3.05, 3.63) is 77.1 Å². The molecule has 1 atom stereocenters. The molecule has 5 rings (SSSR count). The first-order valence-corrected chi connectivity index (χ1v) is 11.5. The van der Waals surface area contributed by atoms with Crippen LogP contribution in [-0.4, -0.2) is 28.9 Å². The van der Waals surface area contributed by atoms with Crippen LogP contribution in [0.15, 0.2) is 54.7 Å². The van der Waals surface area contributed by atoms with Crippen molar-refractivity contribution >= 4 is 5.91 Å². The van der Waals surface area contributed by atoms with Gasteiger partial charge in [0.25, 0.3) is 0 Å². The Morgan fingerprint density at radius 1 is 1.03 bits per heavy atom. The second-order valence-corrected chi connectivity index (χ2v) is 8.53. The molecule has 1 aliphatic heterocycles. The lowest BCUT2D eigenvalue weighted by Gasteiger charge is -2.24. The first-order valence-electron chi connectivity index (χ1n) is 11.5. The Kier molecular flexibility index (Phi) is 6.10. The molecular formula is C26H29N3O3. The largest absolute Gasteiger partial charge is 0.490 e. The lowest BCUT2D eigenvalue weighted by atomic mass is 9.92. The van der Waals surface area contributed by atoms with E-state index in [-0.39, 0.29) is 11.9 Å². The van der Waals surface area contributed by atoms with Crippen LogP contribution in [0.1, 0.15) is 54.1 Å². The topological polar surface area (TPSA) is 65.4 Å². The van der Waals surface area contributed by atoms with Gasteiger partial charge in [-0.3, -0.25) is 9.48 Å². The molecule has 1 amide bonds. The monoisotopic (exact) mass is 431 g/mol. The van der Waals surface area contributed by atoms with E-state index in [4.69, 9.17) is 9.47 Å². The van der Waals surface area contributed by atoms with Gasteiger partial charge in [-0.25, -0.2) is 0 Å². The van der Waals surface area contributed by atoms with Gasteiger partial charge in [0, 0.05) is 24.1 Å². The lowest BCUT2D eigenvalue weighted by Crippen LogP contribution is -2.31. The number of benzene rings is 2. The van der Waals surface area contributed by atoms with Gasteiger partial charge in [-0.05, 0) is 48.9 Å². The Labute approximate surface area is 188 Å². The summed E-state index contributed by atoms with van der Waals surface area (Å²) < 4.78 is 13.5. The smallest absolute Gasteiger partial charge is 0.220 e. The summed E-state index contributed by atoms with van der Waals surface area (Å²) >= 11 is 0. The van der Waals surface area contributed by atoms with Crippen LogP contribution >= 0.6 is 0 Å². The van der Waals surface area contributed by atoms with Crippen molar-refractivity contribution in [3.8, 4) is 11.5 Å². The van der Waals surface area contributed by atoms with Crippen molar-refractivity contribution in [2.45, 2.75) is 51.1 Å². The number of aryl methyl sites for hydroxylation is 1. The Morgan fingerprint density at radius 2 is 1.88 bits per heavy atom. The third-order valence-corrected chi connectivity index (χ3v) is 6.23. The number of rotatable bonds is 6. The first kappa shape index (κ1) is 20.6. The minimum absolute atomic E-state index is 0.0413. The van der Waals surface area contributed by atoms with Crippen LogP contribution in [0.5, 0.6) is 11.5 Å². The molecule has 6 heteroatoms. The van der Waals surface area contributed by atoms with Gasteiger partial charge >= 0.3 is 0 Å². The fourth-order valence-electron chi connectivity index (χ4n) is 4.55. The zero-order valence-corrected chi connectivity index (χ0v) is 18.3. The van der Waals surface area contributed by atoms with Crippen molar-refractivity contribution in [2.24, 2.45) is 0 Å². The lowest BCUT2D eigenvalue weighted by molar-refractivity contribution is -0.121. The summed E-state index contributed by atoms with van der Waals surface area (Å²) in [4.78, 5) is 12.7. The van der Waals surface area contributed by atoms with E-state index in [1.54, 1.807) is 0 Å². The highest BCUT2D eigenvalue weighted by molar-refractivity contribution is 5.76. The van der Waals surface area contributed by atoms with Crippen LogP contribution in [0, 0.1) is 0 Å². The molecule has 0 spiro atoms.